The third-order valence-corrected chi connectivity index (χ3v) is 5.18. The number of amides is 1. The quantitative estimate of drug-likeness (QED) is 0.492. The van der Waals surface area contributed by atoms with Crippen molar-refractivity contribution in [3.05, 3.63) is 71.2 Å². The summed E-state index contributed by atoms with van der Waals surface area (Å²) in [6.45, 7) is 2.05. The van der Waals surface area contributed by atoms with Crippen molar-refractivity contribution >= 4 is 40.6 Å². The second-order valence-corrected chi connectivity index (χ2v) is 7.56. The molecule has 0 radical (unpaired) electrons. The minimum Gasteiger partial charge on any atom is -0.325 e. The molecular weight excluding hydrogens is 394 g/mol. The molecule has 0 bridgehead atoms. The molecule has 2 aromatic heterocycles. The van der Waals surface area contributed by atoms with Crippen LogP contribution >= 0.6 is 23.4 Å². The number of rotatable bonds is 5. The van der Waals surface area contributed by atoms with Crippen LogP contribution in [0.5, 0.6) is 0 Å². The molecule has 0 fully saturated rings. The zero-order valence-corrected chi connectivity index (χ0v) is 16.5. The zero-order valence-electron chi connectivity index (χ0n) is 15.0. The number of fused-ring (bicyclic) bond motifs is 1. The molecular formula is C20H16ClN5OS. The Hall–Kier alpha value is -2.90. The molecule has 8 heteroatoms. The van der Waals surface area contributed by atoms with Crippen LogP contribution in [0.4, 0.5) is 5.69 Å². The Bertz CT molecular complexity index is 1140. The lowest BCUT2D eigenvalue weighted by molar-refractivity contribution is -0.113. The molecule has 0 aliphatic carbocycles. The van der Waals surface area contributed by atoms with Gasteiger partial charge in [-0.2, -0.15) is 9.61 Å². The van der Waals surface area contributed by atoms with Gasteiger partial charge in [0.1, 0.15) is 0 Å². The summed E-state index contributed by atoms with van der Waals surface area (Å²) in [5.41, 5.74) is 4.31. The van der Waals surface area contributed by atoms with E-state index >= 15 is 0 Å². The zero-order chi connectivity index (χ0) is 19.5. The number of hydrogen-bond acceptors (Lipinski definition) is 5. The summed E-state index contributed by atoms with van der Waals surface area (Å²) in [5.74, 6) is 0.0303. The first kappa shape index (κ1) is 18.5. The average Bonchev–Trinajstić information content (AvgIpc) is 3.09. The van der Waals surface area contributed by atoms with Crippen LogP contribution in [-0.4, -0.2) is 31.5 Å². The van der Waals surface area contributed by atoms with Crippen molar-refractivity contribution in [1.82, 2.24) is 19.8 Å². The van der Waals surface area contributed by atoms with Crippen LogP contribution in [0, 0.1) is 6.92 Å². The Morgan fingerprint density at radius 1 is 1.11 bits per heavy atom. The van der Waals surface area contributed by atoms with E-state index in [1.165, 1.54) is 17.3 Å². The monoisotopic (exact) mass is 409 g/mol. The first-order valence-electron chi connectivity index (χ1n) is 8.56. The molecule has 1 N–H and O–H groups in total. The van der Waals surface area contributed by atoms with Crippen LogP contribution in [0.3, 0.4) is 0 Å². The smallest absolute Gasteiger partial charge is 0.234 e. The van der Waals surface area contributed by atoms with Crippen LogP contribution in [0.2, 0.25) is 5.02 Å². The molecule has 4 rings (SSSR count). The number of nitrogens with one attached hydrogen (secondary N) is 1. The molecule has 2 aromatic carbocycles. The topological polar surface area (TPSA) is 72.2 Å². The molecule has 0 spiro atoms. The SMILES string of the molecule is Cc1ccc(-c2ccc3nnc(SCC(=O)Nc4cccc(Cl)c4)n3n2)cc1. The van der Waals surface area contributed by atoms with E-state index in [4.69, 9.17) is 11.6 Å². The van der Waals surface area contributed by atoms with E-state index in [9.17, 15) is 4.79 Å². The molecule has 0 atom stereocenters. The van der Waals surface area contributed by atoms with Gasteiger partial charge in [0, 0.05) is 16.3 Å². The lowest BCUT2D eigenvalue weighted by Crippen LogP contribution is -2.14. The maximum absolute atomic E-state index is 12.2. The summed E-state index contributed by atoms with van der Waals surface area (Å²) in [4.78, 5) is 12.2. The van der Waals surface area contributed by atoms with Crippen LogP contribution < -0.4 is 5.32 Å². The maximum atomic E-state index is 12.2. The van der Waals surface area contributed by atoms with Gasteiger partial charge in [-0.25, -0.2) is 0 Å². The van der Waals surface area contributed by atoms with E-state index in [1.54, 1.807) is 28.8 Å². The number of halogens is 1. The van der Waals surface area contributed by atoms with Crippen LogP contribution in [0.1, 0.15) is 5.56 Å². The van der Waals surface area contributed by atoms with E-state index in [0.717, 1.165) is 11.3 Å². The van der Waals surface area contributed by atoms with E-state index in [-0.39, 0.29) is 11.7 Å². The summed E-state index contributed by atoms with van der Waals surface area (Å²) in [6, 6.07) is 19.0. The number of benzene rings is 2. The Morgan fingerprint density at radius 2 is 1.93 bits per heavy atom. The highest BCUT2D eigenvalue weighted by atomic mass is 35.5. The molecule has 0 aliphatic heterocycles. The van der Waals surface area contributed by atoms with Crippen LogP contribution in [0.15, 0.2) is 65.8 Å². The third-order valence-electron chi connectivity index (χ3n) is 4.02. The first-order chi connectivity index (χ1) is 13.6. The van der Waals surface area contributed by atoms with Crippen molar-refractivity contribution in [3.8, 4) is 11.3 Å². The summed E-state index contributed by atoms with van der Waals surface area (Å²) >= 11 is 7.22. The number of carbonyl (C=O) groups excluding carboxylic acids is 1. The van der Waals surface area contributed by atoms with Gasteiger partial charge >= 0.3 is 0 Å². The van der Waals surface area contributed by atoms with E-state index in [0.29, 0.717) is 21.5 Å². The lowest BCUT2D eigenvalue weighted by atomic mass is 10.1. The molecule has 6 nitrogen and oxygen atoms in total. The van der Waals surface area contributed by atoms with Crippen molar-refractivity contribution in [3.63, 3.8) is 0 Å². The predicted molar refractivity (Wildman–Crippen MR) is 112 cm³/mol. The average molecular weight is 410 g/mol. The van der Waals surface area contributed by atoms with Gasteiger partial charge in [-0.1, -0.05) is 59.3 Å². The number of hydrogen-bond donors (Lipinski definition) is 1. The van der Waals surface area contributed by atoms with Gasteiger partial charge in [-0.3, -0.25) is 4.79 Å². The second-order valence-electron chi connectivity index (χ2n) is 6.18. The lowest BCUT2D eigenvalue weighted by Gasteiger charge is -2.05. The minimum absolute atomic E-state index is 0.154. The molecule has 0 unspecified atom stereocenters. The minimum atomic E-state index is -0.154. The van der Waals surface area contributed by atoms with Crippen molar-refractivity contribution < 1.29 is 4.79 Å². The number of anilines is 1. The van der Waals surface area contributed by atoms with Crippen LogP contribution in [0.25, 0.3) is 16.9 Å². The molecule has 28 heavy (non-hydrogen) atoms. The fourth-order valence-electron chi connectivity index (χ4n) is 2.63. The highest BCUT2D eigenvalue weighted by Crippen LogP contribution is 2.21. The number of aromatic nitrogens is 4. The molecule has 140 valence electrons. The maximum Gasteiger partial charge on any atom is 0.234 e. The van der Waals surface area contributed by atoms with E-state index < -0.39 is 0 Å². The summed E-state index contributed by atoms with van der Waals surface area (Å²) in [6.07, 6.45) is 0. The Balaban J connectivity index is 1.50. The van der Waals surface area contributed by atoms with Gasteiger partial charge in [-0.05, 0) is 37.3 Å². The second kappa shape index (κ2) is 8.00. The van der Waals surface area contributed by atoms with Crippen molar-refractivity contribution in [2.24, 2.45) is 0 Å². The van der Waals surface area contributed by atoms with Gasteiger partial charge in [0.05, 0.1) is 11.4 Å². The molecule has 0 aliphatic rings. The van der Waals surface area contributed by atoms with Crippen LogP contribution in [-0.2, 0) is 4.79 Å². The Labute approximate surface area is 170 Å². The van der Waals surface area contributed by atoms with Crippen molar-refractivity contribution in [2.45, 2.75) is 12.1 Å². The first-order valence-corrected chi connectivity index (χ1v) is 9.92. The third kappa shape index (κ3) is 4.16. The number of carbonyl (C=O) groups is 1. The number of nitrogens with zero attached hydrogens (tertiary/aromatic N) is 4. The Morgan fingerprint density at radius 3 is 2.71 bits per heavy atom. The molecule has 0 saturated carbocycles. The van der Waals surface area contributed by atoms with Gasteiger partial charge in [0.2, 0.25) is 11.1 Å². The van der Waals surface area contributed by atoms with Gasteiger partial charge in [0.15, 0.2) is 5.65 Å². The van der Waals surface area contributed by atoms with Gasteiger partial charge < -0.3 is 5.32 Å². The van der Waals surface area contributed by atoms with E-state index in [1.807, 2.05) is 43.3 Å². The fourth-order valence-corrected chi connectivity index (χ4v) is 3.51. The number of aryl methyl sites for hydroxylation is 1. The molecule has 2 heterocycles. The van der Waals surface area contributed by atoms with Gasteiger partial charge in [-0.15, -0.1) is 10.2 Å². The summed E-state index contributed by atoms with van der Waals surface area (Å²) in [7, 11) is 0. The number of thioether (sulfide) groups is 1. The summed E-state index contributed by atoms with van der Waals surface area (Å²) < 4.78 is 1.66. The predicted octanol–water partition coefficient (Wildman–Crippen LogP) is 4.48. The summed E-state index contributed by atoms with van der Waals surface area (Å²) in [5, 5.41) is 16.8. The fraction of sp³-hybridized carbons (Fsp3) is 0.100. The van der Waals surface area contributed by atoms with Gasteiger partial charge in [0.25, 0.3) is 0 Å². The molecule has 1 amide bonds. The van der Waals surface area contributed by atoms with Crippen molar-refractivity contribution in [2.75, 3.05) is 11.1 Å². The van der Waals surface area contributed by atoms with E-state index in [2.05, 4.69) is 20.6 Å². The highest BCUT2D eigenvalue weighted by Gasteiger charge is 2.12. The van der Waals surface area contributed by atoms with Crippen molar-refractivity contribution in [1.29, 1.82) is 0 Å². The molecule has 0 saturated heterocycles. The standard InChI is InChI=1S/C20H16ClN5OS/c1-13-5-7-14(8-6-13)17-9-10-18-23-24-20(26(18)25-17)28-12-19(27)22-16-4-2-3-15(21)11-16/h2-11H,12H2,1H3,(H,22,27). The Kier molecular flexibility index (Phi) is 5.27. The highest BCUT2D eigenvalue weighted by molar-refractivity contribution is 7.99. The normalized spacial score (nSPS) is 10.9. The molecule has 4 aromatic rings. The largest absolute Gasteiger partial charge is 0.325 e.